The minimum atomic E-state index is -3.74. The zero-order valence-corrected chi connectivity index (χ0v) is 12.8. The number of hydrogen-bond acceptors (Lipinski definition) is 5. The quantitative estimate of drug-likeness (QED) is 0.855. The molecule has 0 radical (unpaired) electrons. The van der Waals surface area contributed by atoms with E-state index in [1.54, 1.807) is 24.4 Å². The Labute approximate surface area is 125 Å². The number of thiazole rings is 1. The van der Waals surface area contributed by atoms with Gasteiger partial charge >= 0.3 is 0 Å². The van der Waals surface area contributed by atoms with Gasteiger partial charge in [-0.15, -0.1) is 11.3 Å². The first kappa shape index (κ1) is 15.0. The van der Waals surface area contributed by atoms with Crippen LogP contribution in [0.2, 0.25) is 5.02 Å². The summed E-state index contributed by atoms with van der Waals surface area (Å²) in [6.07, 6.45) is 0.878. The van der Waals surface area contributed by atoms with Crippen LogP contribution in [0.5, 0.6) is 0 Å². The van der Waals surface area contributed by atoms with Crippen LogP contribution in [0.4, 0.5) is 5.13 Å². The zero-order valence-electron chi connectivity index (χ0n) is 10.5. The van der Waals surface area contributed by atoms with Crippen LogP contribution in [0.15, 0.2) is 28.5 Å². The van der Waals surface area contributed by atoms with Gasteiger partial charge in [0.1, 0.15) is 6.29 Å². The van der Waals surface area contributed by atoms with E-state index in [-0.39, 0.29) is 16.4 Å². The Bertz CT molecular complexity index is 741. The molecular formula is C12H11ClN2O3S2. The van der Waals surface area contributed by atoms with Crippen LogP contribution < -0.4 is 4.72 Å². The van der Waals surface area contributed by atoms with Crippen molar-refractivity contribution >= 4 is 44.4 Å². The second-order valence-corrected chi connectivity index (χ2v) is 6.90. The molecule has 0 unspecified atom stereocenters. The summed E-state index contributed by atoms with van der Waals surface area (Å²) in [4.78, 5) is 14.5. The van der Waals surface area contributed by atoms with Crippen LogP contribution in [0, 0.1) is 6.92 Å². The smallest absolute Gasteiger partial charge is 0.263 e. The Morgan fingerprint density at radius 3 is 2.90 bits per heavy atom. The fourth-order valence-electron chi connectivity index (χ4n) is 1.58. The molecule has 0 amide bonds. The molecule has 0 saturated heterocycles. The molecule has 0 aliphatic heterocycles. The standard InChI is InChI=1S/C12H11ClN2O3S2/c1-8-10(13)3-2-4-11(8)20(17,18)15-12-14-9(5-6-16)7-19-12/h2-4,6-7H,5H2,1H3,(H,14,15). The van der Waals surface area contributed by atoms with Gasteiger partial charge in [0.2, 0.25) is 0 Å². The Morgan fingerprint density at radius 2 is 2.20 bits per heavy atom. The van der Waals surface area contributed by atoms with Gasteiger partial charge in [-0.1, -0.05) is 17.7 Å². The van der Waals surface area contributed by atoms with Crippen molar-refractivity contribution in [2.45, 2.75) is 18.2 Å². The molecule has 20 heavy (non-hydrogen) atoms. The highest BCUT2D eigenvalue weighted by atomic mass is 35.5. The predicted octanol–water partition coefficient (Wildman–Crippen LogP) is 2.65. The molecule has 0 aliphatic rings. The maximum Gasteiger partial charge on any atom is 0.263 e. The molecule has 8 heteroatoms. The first-order valence-electron chi connectivity index (χ1n) is 5.60. The third-order valence-electron chi connectivity index (χ3n) is 2.57. The third kappa shape index (κ3) is 3.17. The summed E-state index contributed by atoms with van der Waals surface area (Å²) in [7, 11) is -3.74. The van der Waals surface area contributed by atoms with Gasteiger partial charge in [0.15, 0.2) is 5.13 Å². The van der Waals surface area contributed by atoms with E-state index in [4.69, 9.17) is 11.6 Å². The highest BCUT2D eigenvalue weighted by Gasteiger charge is 2.19. The Hall–Kier alpha value is -1.44. The van der Waals surface area contributed by atoms with E-state index < -0.39 is 10.0 Å². The van der Waals surface area contributed by atoms with Gasteiger partial charge in [-0.2, -0.15) is 0 Å². The van der Waals surface area contributed by atoms with Gasteiger partial charge in [0.25, 0.3) is 10.0 Å². The fraction of sp³-hybridized carbons (Fsp3) is 0.167. The van der Waals surface area contributed by atoms with Gasteiger partial charge in [-0.25, -0.2) is 13.4 Å². The summed E-state index contributed by atoms with van der Waals surface area (Å²) in [5, 5.41) is 2.24. The summed E-state index contributed by atoms with van der Waals surface area (Å²) in [5.41, 5.74) is 1.01. The second-order valence-electron chi connectivity index (χ2n) is 3.98. The molecule has 0 spiro atoms. The van der Waals surface area contributed by atoms with E-state index in [9.17, 15) is 13.2 Å². The van der Waals surface area contributed by atoms with Gasteiger partial charge in [-0.3, -0.25) is 4.72 Å². The number of nitrogens with one attached hydrogen (secondary N) is 1. The summed E-state index contributed by atoms with van der Waals surface area (Å²) in [5.74, 6) is 0. The molecule has 0 fully saturated rings. The minimum absolute atomic E-state index is 0.108. The van der Waals surface area contributed by atoms with Crippen molar-refractivity contribution in [1.29, 1.82) is 0 Å². The van der Waals surface area contributed by atoms with Crippen molar-refractivity contribution in [3.05, 3.63) is 39.9 Å². The van der Waals surface area contributed by atoms with Crippen LogP contribution in [0.3, 0.4) is 0 Å². The van der Waals surface area contributed by atoms with Crippen molar-refractivity contribution in [3.63, 3.8) is 0 Å². The first-order chi connectivity index (χ1) is 9.44. The molecular weight excluding hydrogens is 320 g/mol. The van der Waals surface area contributed by atoms with Gasteiger partial charge in [0.05, 0.1) is 10.6 Å². The highest BCUT2D eigenvalue weighted by molar-refractivity contribution is 7.93. The lowest BCUT2D eigenvalue weighted by atomic mass is 10.2. The second kappa shape index (κ2) is 5.90. The lowest BCUT2D eigenvalue weighted by molar-refractivity contribution is -0.107. The predicted molar refractivity (Wildman–Crippen MR) is 78.9 cm³/mol. The average molecular weight is 331 g/mol. The molecule has 2 rings (SSSR count). The van der Waals surface area contributed by atoms with Crippen molar-refractivity contribution in [2.75, 3.05) is 4.72 Å². The van der Waals surface area contributed by atoms with E-state index in [2.05, 4.69) is 9.71 Å². The van der Waals surface area contributed by atoms with Gasteiger partial charge in [-0.05, 0) is 24.6 Å². The molecule has 1 N–H and O–H groups in total. The molecule has 2 aromatic rings. The van der Waals surface area contributed by atoms with Crippen molar-refractivity contribution < 1.29 is 13.2 Å². The Balaban J connectivity index is 2.30. The molecule has 1 aromatic carbocycles. The highest BCUT2D eigenvalue weighted by Crippen LogP contribution is 2.25. The number of sulfonamides is 1. The maximum atomic E-state index is 12.3. The topological polar surface area (TPSA) is 76.1 Å². The van der Waals surface area contributed by atoms with Crippen LogP contribution in [0.25, 0.3) is 0 Å². The average Bonchev–Trinajstić information content (AvgIpc) is 2.79. The van der Waals surface area contributed by atoms with Crippen LogP contribution in [-0.2, 0) is 21.2 Å². The normalized spacial score (nSPS) is 11.3. The number of aldehydes is 1. The van der Waals surface area contributed by atoms with Crippen LogP contribution >= 0.6 is 22.9 Å². The molecule has 106 valence electrons. The molecule has 0 saturated carbocycles. The molecule has 1 aromatic heterocycles. The number of hydrogen-bond donors (Lipinski definition) is 1. The van der Waals surface area contributed by atoms with Crippen molar-refractivity contribution in [2.24, 2.45) is 0 Å². The number of nitrogens with zero attached hydrogens (tertiary/aromatic N) is 1. The van der Waals surface area contributed by atoms with E-state index in [1.807, 2.05) is 0 Å². The first-order valence-corrected chi connectivity index (χ1v) is 8.34. The summed E-state index contributed by atoms with van der Waals surface area (Å²) < 4.78 is 26.9. The number of benzene rings is 1. The Kier molecular flexibility index (Phi) is 4.42. The molecule has 5 nitrogen and oxygen atoms in total. The largest absolute Gasteiger partial charge is 0.303 e. The fourth-order valence-corrected chi connectivity index (χ4v) is 4.06. The Morgan fingerprint density at radius 1 is 1.45 bits per heavy atom. The molecule has 0 bridgehead atoms. The minimum Gasteiger partial charge on any atom is -0.303 e. The number of halogens is 1. The van der Waals surface area contributed by atoms with Gasteiger partial charge in [0, 0.05) is 16.8 Å². The lowest BCUT2D eigenvalue weighted by Crippen LogP contribution is -2.14. The number of aromatic nitrogens is 1. The number of carbonyl (C=O) groups is 1. The zero-order chi connectivity index (χ0) is 14.8. The number of anilines is 1. The maximum absolute atomic E-state index is 12.3. The molecule has 1 heterocycles. The van der Waals surface area contributed by atoms with Gasteiger partial charge < -0.3 is 4.79 Å². The van der Waals surface area contributed by atoms with E-state index in [1.165, 1.54) is 6.07 Å². The monoisotopic (exact) mass is 330 g/mol. The lowest BCUT2D eigenvalue weighted by Gasteiger charge is -2.09. The van der Waals surface area contributed by atoms with Crippen LogP contribution in [0.1, 0.15) is 11.3 Å². The summed E-state index contributed by atoms with van der Waals surface area (Å²) >= 11 is 7.05. The third-order valence-corrected chi connectivity index (χ3v) is 5.40. The summed E-state index contributed by atoms with van der Waals surface area (Å²) in [6, 6.07) is 4.68. The number of carbonyl (C=O) groups excluding carboxylic acids is 1. The molecule has 0 aliphatic carbocycles. The summed E-state index contributed by atoms with van der Waals surface area (Å²) in [6.45, 7) is 1.64. The van der Waals surface area contributed by atoms with E-state index >= 15 is 0 Å². The van der Waals surface area contributed by atoms with E-state index in [0.29, 0.717) is 22.6 Å². The number of rotatable bonds is 5. The van der Waals surface area contributed by atoms with E-state index in [0.717, 1.165) is 11.3 Å². The van der Waals surface area contributed by atoms with Crippen LogP contribution in [-0.4, -0.2) is 19.7 Å². The van der Waals surface area contributed by atoms with Crippen molar-refractivity contribution in [3.8, 4) is 0 Å². The molecule has 0 atom stereocenters. The van der Waals surface area contributed by atoms with Crippen molar-refractivity contribution in [1.82, 2.24) is 4.98 Å². The SMILES string of the molecule is Cc1c(Cl)cccc1S(=O)(=O)Nc1nc(CC=O)cs1.